The van der Waals surface area contributed by atoms with Gasteiger partial charge in [-0.05, 0) is 61.4 Å². The van der Waals surface area contributed by atoms with Crippen molar-refractivity contribution in [1.29, 1.82) is 0 Å². The number of carbonyl (C=O) groups excluding carboxylic acids is 1. The van der Waals surface area contributed by atoms with Gasteiger partial charge in [-0.25, -0.2) is 14.8 Å². The molecule has 0 aliphatic carbocycles. The maximum absolute atomic E-state index is 13.0. The molecule has 38 heavy (non-hydrogen) atoms. The van der Waals surface area contributed by atoms with Gasteiger partial charge in [0.1, 0.15) is 5.52 Å². The summed E-state index contributed by atoms with van der Waals surface area (Å²) in [6, 6.07) is 17.2. The molecule has 0 bridgehead atoms. The molecular weight excluding hydrogens is 482 g/mol. The van der Waals surface area contributed by atoms with Crippen molar-refractivity contribution in [2.75, 3.05) is 56.3 Å². The van der Waals surface area contributed by atoms with E-state index < -0.39 is 0 Å². The molecule has 0 saturated carbocycles. The summed E-state index contributed by atoms with van der Waals surface area (Å²) in [6.07, 6.45) is 0.780. The fourth-order valence-electron chi connectivity index (χ4n) is 4.65. The van der Waals surface area contributed by atoms with Gasteiger partial charge in [0.05, 0.1) is 25.4 Å². The molecule has 0 atom stereocenters. The molecule has 1 saturated heterocycles. The average molecular weight is 514 g/mol. The number of nitrogens with two attached hydrogens (primary N) is 1. The molecule has 2 aromatic carbocycles. The Morgan fingerprint density at radius 3 is 2.55 bits per heavy atom. The number of urea groups is 1. The Hall–Kier alpha value is -4.60. The number of aryl methyl sites for hydroxylation is 1. The van der Waals surface area contributed by atoms with Gasteiger partial charge in [-0.3, -0.25) is 0 Å². The van der Waals surface area contributed by atoms with E-state index in [1.165, 1.54) is 0 Å². The number of methoxy groups -OCH3 is 2. The fraction of sp³-hybridized carbons (Fsp3) is 0.286. The van der Waals surface area contributed by atoms with Crippen LogP contribution in [0.3, 0.4) is 0 Å². The van der Waals surface area contributed by atoms with Gasteiger partial charge in [-0.2, -0.15) is 4.98 Å². The highest BCUT2D eigenvalue weighted by Gasteiger charge is 2.23. The van der Waals surface area contributed by atoms with Crippen molar-refractivity contribution >= 4 is 34.5 Å². The van der Waals surface area contributed by atoms with Crippen molar-refractivity contribution < 1.29 is 14.3 Å². The summed E-state index contributed by atoms with van der Waals surface area (Å²) in [6.45, 7) is 4.48. The molecule has 4 aromatic rings. The maximum atomic E-state index is 13.0. The normalized spacial score (nSPS) is 13.8. The summed E-state index contributed by atoms with van der Waals surface area (Å²) >= 11 is 0. The lowest BCUT2D eigenvalue weighted by atomic mass is 10.1. The average Bonchev–Trinajstić information content (AvgIpc) is 3.18. The number of nitrogens with one attached hydrogen (secondary N) is 1. The molecule has 0 spiro atoms. The third kappa shape index (κ3) is 5.24. The summed E-state index contributed by atoms with van der Waals surface area (Å²) in [7, 11) is 3.21. The number of nitrogens with zero attached hydrogens (tertiary/aromatic N) is 5. The van der Waals surface area contributed by atoms with Crippen molar-refractivity contribution in [3.63, 3.8) is 0 Å². The molecular formula is C28H31N7O3. The Kier molecular flexibility index (Phi) is 7.12. The van der Waals surface area contributed by atoms with Crippen molar-refractivity contribution in [3.05, 3.63) is 60.2 Å². The van der Waals surface area contributed by atoms with Crippen LogP contribution in [-0.2, 0) is 0 Å². The number of benzene rings is 2. The van der Waals surface area contributed by atoms with Gasteiger partial charge in [0, 0.05) is 37.4 Å². The Morgan fingerprint density at radius 1 is 0.921 bits per heavy atom. The van der Waals surface area contributed by atoms with Crippen LogP contribution in [0.15, 0.2) is 54.6 Å². The first-order valence-corrected chi connectivity index (χ1v) is 12.5. The van der Waals surface area contributed by atoms with Crippen LogP contribution in [-0.4, -0.2) is 66.3 Å². The molecule has 2 amide bonds. The monoisotopic (exact) mass is 513 g/mol. The molecule has 10 nitrogen and oxygen atoms in total. The summed E-state index contributed by atoms with van der Waals surface area (Å²) in [5.41, 5.74) is 10.9. The minimum Gasteiger partial charge on any atom is -0.493 e. The third-order valence-corrected chi connectivity index (χ3v) is 6.57. The molecule has 3 heterocycles. The third-order valence-electron chi connectivity index (χ3n) is 6.57. The zero-order valence-electron chi connectivity index (χ0n) is 21.8. The standard InChI is InChI=1S/C28H31N7O3/c1-18-6-4-7-20(16-18)30-28(36)35-13-5-12-34(14-15-35)26-25-22(32-27(29)33-26)10-9-21(31-25)19-8-11-23(37-2)24(17-19)38-3/h4,6-11,16-17H,5,12-15H2,1-3H3,(H,30,36)(H2,29,32,33). The van der Waals surface area contributed by atoms with Gasteiger partial charge < -0.3 is 30.3 Å². The number of nitrogen functional groups attached to an aromatic ring is 1. The number of rotatable bonds is 5. The predicted molar refractivity (Wildman–Crippen MR) is 149 cm³/mol. The van der Waals surface area contributed by atoms with Gasteiger partial charge >= 0.3 is 6.03 Å². The van der Waals surface area contributed by atoms with E-state index in [1.807, 2.05) is 66.4 Å². The maximum Gasteiger partial charge on any atom is 0.321 e. The molecule has 0 radical (unpaired) electrons. The van der Waals surface area contributed by atoms with Crippen molar-refractivity contribution in [1.82, 2.24) is 19.9 Å². The molecule has 10 heteroatoms. The quantitative estimate of drug-likeness (QED) is 0.405. The van der Waals surface area contributed by atoms with Crippen LogP contribution in [0, 0.1) is 6.92 Å². The van der Waals surface area contributed by atoms with E-state index in [0.717, 1.165) is 28.9 Å². The zero-order valence-corrected chi connectivity index (χ0v) is 21.8. The van der Waals surface area contributed by atoms with Crippen LogP contribution in [0.5, 0.6) is 11.5 Å². The first-order chi connectivity index (χ1) is 18.4. The summed E-state index contributed by atoms with van der Waals surface area (Å²) < 4.78 is 10.8. The fourth-order valence-corrected chi connectivity index (χ4v) is 4.65. The van der Waals surface area contributed by atoms with E-state index in [9.17, 15) is 4.79 Å². The predicted octanol–water partition coefficient (Wildman–Crippen LogP) is 4.34. The van der Waals surface area contributed by atoms with Gasteiger partial charge in [0.25, 0.3) is 0 Å². The molecule has 0 unspecified atom stereocenters. The van der Waals surface area contributed by atoms with Gasteiger partial charge in [-0.15, -0.1) is 0 Å². The SMILES string of the molecule is COc1ccc(-c2ccc3nc(N)nc(N4CCCN(C(=O)Nc5cccc(C)c5)CC4)c3n2)cc1OC. The highest BCUT2D eigenvalue weighted by molar-refractivity contribution is 5.90. The lowest BCUT2D eigenvalue weighted by Crippen LogP contribution is -2.38. The van der Waals surface area contributed by atoms with E-state index >= 15 is 0 Å². The Labute approximate surface area is 221 Å². The smallest absolute Gasteiger partial charge is 0.321 e. The second kappa shape index (κ2) is 10.8. The van der Waals surface area contributed by atoms with Crippen LogP contribution >= 0.6 is 0 Å². The Bertz CT molecular complexity index is 1480. The molecule has 196 valence electrons. The number of hydrogen-bond acceptors (Lipinski definition) is 8. The topological polar surface area (TPSA) is 119 Å². The minimum absolute atomic E-state index is 0.113. The van der Waals surface area contributed by atoms with Gasteiger partial charge in [0.15, 0.2) is 17.3 Å². The number of anilines is 3. The van der Waals surface area contributed by atoms with E-state index in [0.29, 0.717) is 54.5 Å². The van der Waals surface area contributed by atoms with Gasteiger partial charge in [0.2, 0.25) is 5.95 Å². The van der Waals surface area contributed by atoms with Crippen molar-refractivity contribution in [3.8, 4) is 22.8 Å². The zero-order chi connectivity index (χ0) is 26.6. The Balaban J connectivity index is 1.40. The number of ether oxygens (including phenoxy) is 2. The largest absolute Gasteiger partial charge is 0.493 e. The number of amides is 2. The second-order valence-electron chi connectivity index (χ2n) is 9.17. The lowest BCUT2D eigenvalue weighted by molar-refractivity contribution is 0.215. The molecule has 5 rings (SSSR count). The summed E-state index contributed by atoms with van der Waals surface area (Å²) in [5, 5.41) is 3.01. The lowest BCUT2D eigenvalue weighted by Gasteiger charge is -2.24. The molecule has 1 fully saturated rings. The highest BCUT2D eigenvalue weighted by Crippen LogP contribution is 2.33. The number of aromatic nitrogens is 3. The van der Waals surface area contributed by atoms with Crippen LogP contribution in [0.2, 0.25) is 0 Å². The van der Waals surface area contributed by atoms with Crippen LogP contribution in [0.25, 0.3) is 22.3 Å². The molecule has 1 aliphatic rings. The second-order valence-corrected chi connectivity index (χ2v) is 9.17. The number of hydrogen-bond donors (Lipinski definition) is 2. The van der Waals surface area contributed by atoms with Gasteiger partial charge in [-0.1, -0.05) is 12.1 Å². The summed E-state index contributed by atoms with van der Waals surface area (Å²) in [4.78, 5) is 30.8. The van der Waals surface area contributed by atoms with Crippen LogP contribution in [0.1, 0.15) is 12.0 Å². The molecule has 2 aromatic heterocycles. The number of fused-ring (bicyclic) bond motifs is 1. The molecule has 3 N–H and O–H groups in total. The summed E-state index contributed by atoms with van der Waals surface area (Å²) in [5.74, 6) is 2.12. The Morgan fingerprint density at radius 2 is 1.76 bits per heavy atom. The number of carbonyl (C=O) groups is 1. The van der Waals surface area contributed by atoms with E-state index in [4.69, 9.17) is 20.2 Å². The first kappa shape index (κ1) is 25.1. The van der Waals surface area contributed by atoms with Crippen molar-refractivity contribution in [2.24, 2.45) is 0 Å². The van der Waals surface area contributed by atoms with E-state index in [-0.39, 0.29) is 12.0 Å². The minimum atomic E-state index is -0.113. The molecule has 1 aliphatic heterocycles. The van der Waals surface area contributed by atoms with Crippen LogP contribution < -0.4 is 25.4 Å². The highest BCUT2D eigenvalue weighted by atomic mass is 16.5. The van der Waals surface area contributed by atoms with Crippen LogP contribution in [0.4, 0.5) is 22.2 Å². The first-order valence-electron chi connectivity index (χ1n) is 12.5. The van der Waals surface area contributed by atoms with Crippen molar-refractivity contribution in [2.45, 2.75) is 13.3 Å². The van der Waals surface area contributed by atoms with E-state index in [1.54, 1.807) is 14.2 Å². The number of pyridine rings is 1. The van der Waals surface area contributed by atoms with E-state index in [2.05, 4.69) is 20.2 Å².